The van der Waals surface area contributed by atoms with E-state index in [9.17, 15) is 13.6 Å². The molecular formula is C10H15F2NO2. The molecule has 1 aliphatic carbocycles. The van der Waals surface area contributed by atoms with E-state index in [-0.39, 0.29) is 5.92 Å². The lowest BCUT2D eigenvalue weighted by atomic mass is 9.81. The van der Waals surface area contributed by atoms with Gasteiger partial charge in [-0.2, -0.15) is 0 Å². The van der Waals surface area contributed by atoms with Crippen molar-refractivity contribution in [2.45, 2.75) is 25.2 Å². The minimum absolute atomic E-state index is 0.360. The molecular weight excluding hydrogens is 204 g/mol. The number of hydrogen-bond donors (Lipinski definition) is 1. The maximum absolute atomic E-state index is 13.2. The van der Waals surface area contributed by atoms with Gasteiger partial charge in [-0.05, 0) is 38.9 Å². The second-order valence-corrected chi connectivity index (χ2v) is 4.74. The summed E-state index contributed by atoms with van der Waals surface area (Å²) in [7, 11) is 1.93. The third-order valence-electron chi connectivity index (χ3n) is 3.83. The van der Waals surface area contributed by atoms with Crippen LogP contribution in [0.2, 0.25) is 0 Å². The first-order chi connectivity index (χ1) is 6.90. The molecule has 15 heavy (non-hydrogen) atoms. The lowest BCUT2D eigenvalue weighted by molar-refractivity contribution is -0.152. The quantitative estimate of drug-likeness (QED) is 0.764. The summed E-state index contributed by atoms with van der Waals surface area (Å²) in [6, 6.07) is 0. The lowest BCUT2D eigenvalue weighted by Gasteiger charge is -2.32. The number of carboxylic acids is 1. The van der Waals surface area contributed by atoms with Crippen molar-refractivity contribution in [3.63, 3.8) is 0 Å². The summed E-state index contributed by atoms with van der Waals surface area (Å²) >= 11 is 0. The minimum Gasteiger partial charge on any atom is -0.481 e. The molecule has 2 fully saturated rings. The second-order valence-electron chi connectivity index (χ2n) is 4.74. The first kappa shape index (κ1) is 10.8. The molecule has 86 valence electrons. The van der Waals surface area contributed by atoms with E-state index in [1.807, 2.05) is 11.9 Å². The van der Waals surface area contributed by atoms with E-state index in [0.29, 0.717) is 12.8 Å². The standard InChI is InChI=1S/C10H15F2NO2/c1-13-4-2-7(3-5-13)9(8(14)15)6-10(9,11)12/h7H,2-6H2,1H3,(H,14,15). The molecule has 1 heterocycles. The molecule has 0 amide bonds. The van der Waals surface area contributed by atoms with Crippen LogP contribution in [0.1, 0.15) is 19.3 Å². The normalized spacial score (nSPS) is 36.5. The zero-order valence-corrected chi connectivity index (χ0v) is 8.67. The summed E-state index contributed by atoms with van der Waals surface area (Å²) in [5.41, 5.74) is -1.74. The average molecular weight is 219 g/mol. The number of halogens is 2. The van der Waals surface area contributed by atoms with Crippen LogP contribution in [0.4, 0.5) is 8.78 Å². The van der Waals surface area contributed by atoms with Crippen LogP contribution in [0.5, 0.6) is 0 Å². The third-order valence-corrected chi connectivity index (χ3v) is 3.83. The van der Waals surface area contributed by atoms with Crippen LogP contribution in [0.25, 0.3) is 0 Å². The Morgan fingerprint density at radius 1 is 1.40 bits per heavy atom. The van der Waals surface area contributed by atoms with Gasteiger partial charge in [0.25, 0.3) is 5.92 Å². The molecule has 5 heteroatoms. The molecule has 1 unspecified atom stereocenters. The molecule has 2 rings (SSSR count). The molecule has 0 spiro atoms. The fourth-order valence-electron chi connectivity index (χ4n) is 2.66. The Hall–Kier alpha value is -0.710. The Labute approximate surface area is 87.1 Å². The van der Waals surface area contributed by atoms with Gasteiger partial charge in [0, 0.05) is 6.42 Å². The highest BCUT2D eigenvalue weighted by atomic mass is 19.3. The van der Waals surface area contributed by atoms with Gasteiger partial charge in [-0.3, -0.25) is 4.79 Å². The second kappa shape index (κ2) is 3.14. The minimum atomic E-state index is -2.99. The van der Waals surface area contributed by atoms with Crippen molar-refractivity contribution >= 4 is 5.97 Å². The molecule has 1 saturated heterocycles. The average Bonchev–Trinajstić information content (AvgIpc) is 2.72. The zero-order valence-electron chi connectivity index (χ0n) is 8.67. The molecule has 2 aliphatic rings. The zero-order chi connectivity index (χ0) is 11.3. The van der Waals surface area contributed by atoms with E-state index in [0.717, 1.165) is 13.1 Å². The van der Waals surface area contributed by atoms with Crippen molar-refractivity contribution < 1.29 is 18.7 Å². The van der Waals surface area contributed by atoms with Gasteiger partial charge in [0.2, 0.25) is 0 Å². The fourth-order valence-corrected chi connectivity index (χ4v) is 2.66. The summed E-state index contributed by atoms with van der Waals surface area (Å²) in [5.74, 6) is -4.66. The molecule has 0 aromatic rings. The van der Waals surface area contributed by atoms with Gasteiger partial charge in [-0.15, -0.1) is 0 Å². The van der Waals surface area contributed by atoms with Crippen LogP contribution in [-0.2, 0) is 4.79 Å². The van der Waals surface area contributed by atoms with Gasteiger partial charge in [0.15, 0.2) is 0 Å². The fraction of sp³-hybridized carbons (Fsp3) is 0.900. The Morgan fingerprint density at radius 3 is 2.20 bits per heavy atom. The molecule has 0 bridgehead atoms. The van der Waals surface area contributed by atoms with Crippen LogP contribution in [0, 0.1) is 11.3 Å². The predicted molar refractivity (Wildman–Crippen MR) is 49.9 cm³/mol. The number of alkyl halides is 2. The maximum atomic E-state index is 13.2. The topological polar surface area (TPSA) is 40.5 Å². The number of nitrogens with zero attached hydrogens (tertiary/aromatic N) is 1. The maximum Gasteiger partial charge on any atom is 0.316 e. The van der Waals surface area contributed by atoms with Crippen molar-refractivity contribution in [3.8, 4) is 0 Å². The number of likely N-dealkylation sites (tertiary alicyclic amines) is 1. The number of rotatable bonds is 2. The number of hydrogen-bond acceptors (Lipinski definition) is 2. The SMILES string of the molecule is CN1CCC(C2(C(=O)O)CC2(F)F)CC1. The summed E-state index contributed by atoms with van der Waals surface area (Å²) in [5, 5.41) is 8.96. The lowest BCUT2D eigenvalue weighted by Crippen LogP contribution is -2.39. The Bertz CT molecular complexity index is 287. The molecule has 0 radical (unpaired) electrons. The number of carbonyl (C=O) groups is 1. The van der Waals surface area contributed by atoms with Gasteiger partial charge >= 0.3 is 5.97 Å². The Balaban J connectivity index is 2.12. The summed E-state index contributed by atoms with van der Waals surface area (Å²) in [6.45, 7) is 1.44. The highest BCUT2D eigenvalue weighted by Crippen LogP contribution is 2.66. The largest absolute Gasteiger partial charge is 0.481 e. The van der Waals surface area contributed by atoms with Crippen LogP contribution < -0.4 is 0 Å². The van der Waals surface area contributed by atoms with Crippen molar-refractivity contribution in [1.29, 1.82) is 0 Å². The van der Waals surface area contributed by atoms with Gasteiger partial charge in [-0.1, -0.05) is 0 Å². The van der Waals surface area contributed by atoms with Gasteiger partial charge < -0.3 is 10.0 Å². The summed E-state index contributed by atoms with van der Waals surface area (Å²) in [6.07, 6.45) is 0.667. The van der Waals surface area contributed by atoms with E-state index in [2.05, 4.69) is 0 Å². The monoisotopic (exact) mass is 219 g/mol. The third kappa shape index (κ3) is 1.44. The predicted octanol–water partition coefficient (Wildman–Crippen LogP) is 1.44. The molecule has 0 aromatic carbocycles. The summed E-state index contributed by atoms with van der Waals surface area (Å²) < 4.78 is 26.4. The molecule has 0 aromatic heterocycles. The first-order valence-electron chi connectivity index (χ1n) is 5.20. The Morgan fingerprint density at radius 2 is 1.87 bits per heavy atom. The summed E-state index contributed by atoms with van der Waals surface area (Å²) in [4.78, 5) is 13.0. The number of piperidine rings is 1. The van der Waals surface area contributed by atoms with E-state index in [4.69, 9.17) is 5.11 Å². The van der Waals surface area contributed by atoms with Crippen LogP contribution in [0.3, 0.4) is 0 Å². The highest BCUT2D eigenvalue weighted by Gasteiger charge is 2.78. The molecule has 1 atom stereocenters. The molecule has 1 N–H and O–H groups in total. The van der Waals surface area contributed by atoms with E-state index in [1.165, 1.54) is 0 Å². The highest BCUT2D eigenvalue weighted by molar-refractivity contribution is 5.80. The van der Waals surface area contributed by atoms with Crippen molar-refractivity contribution in [2.75, 3.05) is 20.1 Å². The molecule has 3 nitrogen and oxygen atoms in total. The van der Waals surface area contributed by atoms with Crippen LogP contribution >= 0.6 is 0 Å². The van der Waals surface area contributed by atoms with Gasteiger partial charge in [-0.25, -0.2) is 8.78 Å². The van der Waals surface area contributed by atoms with E-state index in [1.54, 1.807) is 0 Å². The Kier molecular flexibility index (Phi) is 2.26. The molecule has 1 aliphatic heterocycles. The first-order valence-corrected chi connectivity index (χ1v) is 5.20. The molecule has 1 saturated carbocycles. The van der Waals surface area contributed by atoms with E-state index < -0.39 is 23.7 Å². The van der Waals surface area contributed by atoms with Crippen LogP contribution in [0.15, 0.2) is 0 Å². The smallest absolute Gasteiger partial charge is 0.316 e. The number of carboxylic acid groups (broad SMARTS) is 1. The van der Waals surface area contributed by atoms with Crippen molar-refractivity contribution in [3.05, 3.63) is 0 Å². The van der Waals surface area contributed by atoms with Gasteiger partial charge in [0.1, 0.15) is 5.41 Å². The van der Waals surface area contributed by atoms with Gasteiger partial charge in [0.05, 0.1) is 0 Å². The van der Waals surface area contributed by atoms with Crippen molar-refractivity contribution in [1.82, 2.24) is 4.90 Å². The van der Waals surface area contributed by atoms with Crippen LogP contribution in [-0.4, -0.2) is 42.0 Å². The number of aliphatic carboxylic acids is 1. The van der Waals surface area contributed by atoms with Crippen molar-refractivity contribution in [2.24, 2.45) is 11.3 Å². The van der Waals surface area contributed by atoms with E-state index >= 15 is 0 Å².